The maximum absolute atomic E-state index is 12.8. The third-order valence-corrected chi connectivity index (χ3v) is 16.1. The Morgan fingerprint density at radius 1 is 0.386 bits per heavy atom. The number of carboxylic acid groups (broad SMARTS) is 2. The Morgan fingerprint density at radius 3 is 1.14 bits per heavy atom. The molecular formula is C31H41N3Na10O49S8. The average molecular weight is 1730 g/mol. The van der Waals surface area contributed by atoms with Gasteiger partial charge in [-0.15, -0.1) is 0 Å². The summed E-state index contributed by atoms with van der Waals surface area (Å²) in [6.45, 7) is -5.55. The van der Waals surface area contributed by atoms with Gasteiger partial charge in [0.05, 0.1) is 31.8 Å². The van der Waals surface area contributed by atoms with Gasteiger partial charge in [-0.25, -0.2) is 81.5 Å². The van der Waals surface area contributed by atoms with Crippen molar-refractivity contribution in [2.24, 2.45) is 0 Å². The Balaban J connectivity index is -0.00000226. The fraction of sp³-hybridized carbons (Fsp3) is 0.903. The summed E-state index contributed by atoms with van der Waals surface area (Å²) in [7, 11) is -48.5. The summed E-state index contributed by atoms with van der Waals surface area (Å²) >= 11 is 0. The predicted octanol–water partition coefficient (Wildman–Crippen LogP) is -48.9. The molecular weight excluding hydrogens is 1680 g/mol. The second kappa shape index (κ2) is 48.8. The van der Waals surface area contributed by atoms with Crippen molar-refractivity contribution in [2.75, 3.05) is 26.9 Å². The molecule has 0 aromatic carbocycles. The summed E-state index contributed by atoms with van der Waals surface area (Å²) in [5.41, 5.74) is 0. The summed E-state index contributed by atoms with van der Waals surface area (Å²) in [6, 6.07) is -8.71. The van der Waals surface area contributed by atoms with E-state index in [0.29, 0.717) is 7.11 Å². The number of rotatable bonds is 30. The van der Waals surface area contributed by atoms with Gasteiger partial charge in [0, 0.05) is 7.11 Å². The van der Waals surface area contributed by atoms with Crippen LogP contribution in [0.25, 0.3) is 0 Å². The first kappa shape index (κ1) is 119. The first-order valence-corrected chi connectivity index (χ1v) is 34.1. The van der Waals surface area contributed by atoms with Crippen molar-refractivity contribution in [2.45, 2.75) is 147 Å². The van der Waals surface area contributed by atoms with E-state index in [1.807, 2.05) is 0 Å². The Hall–Kier alpha value is 6.97. The zero-order chi connectivity index (χ0) is 69.4. The first-order chi connectivity index (χ1) is 41.2. The van der Waals surface area contributed by atoms with Crippen LogP contribution < -0.4 is 320 Å². The quantitative estimate of drug-likeness (QED) is 0.0188. The molecule has 0 bridgehead atoms. The Kier molecular flexibility index (Phi) is 57.4. The molecule has 8 N–H and O–H groups in total. The minimum atomic E-state index is -6.69. The summed E-state index contributed by atoms with van der Waals surface area (Å²) in [5, 5.41) is 81.5. The van der Waals surface area contributed by atoms with Gasteiger partial charge in [-0.2, -0.15) is 0 Å². The monoisotopic (exact) mass is 1720 g/mol. The molecule has 0 aromatic rings. The molecule has 532 valence electrons. The third-order valence-electron chi connectivity index (χ3n) is 12.2. The standard InChI is InChI=1S/C31H51N3O49S8.10Na/c1-69-27-9(33-85(48,49)50)13(37)17(6(74-27)3-71-88(57,58)59)76-31-22(83-91(66,67)68)16(40)21(24(81-31)26(43)44)79-29-10(34-86(51,52)53)19(82-90(63,64)65)18(7(75-29)4-72-89(60,61)62)77-30-15(39)14(38)20(23(80-30)25(41)42)78-28-8(32-84(45,46)47)12(36)11(35)5(73-28)2-70-87(54,55)56;;;;;;;;;;/h5-10,12-24,27-34,36-40H,2-4H2,1H3,(H,41,42)(H,43,44)(H,45,46,47)(H,48,49,50)(H,51,52,53)(H,54,55,56)(H,57,58,59)(H,60,61,62)(H,63,64,65)(H,66,67,68);;;;;;;;;;/q;10*+1/p-10/t5-,6-,7-,8-,9-,10-,12-,13-,14-,15-,16+,17-,18-,19-,20+,21+,22-,23+,24-,27+,28-,29-,30-,31-;;;;;;;;;;/m1........../s1. The van der Waals surface area contributed by atoms with E-state index in [1.165, 1.54) is 4.72 Å². The maximum atomic E-state index is 12.8. The number of carbonyl (C=O) groups is 3. The largest absolute Gasteiger partial charge is 1.00 e. The van der Waals surface area contributed by atoms with Crippen LogP contribution in [0.15, 0.2) is 0 Å². The van der Waals surface area contributed by atoms with Gasteiger partial charge in [0.2, 0.25) is 52.0 Å². The number of Topliss-reactive ketones (excluding diaryl/α,β-unsaturated/α-hetero) is 1. The summed E-state index contributed by atoms with van der Waals surface area (Å²) in [5.74, 6) is -7.38. The van der Waals surface area contributed by atoms with E-state index in [-0.39, 0.29) is 296 Å². The fourth-order valence-corrected chi connectivity index (χ4v) is 12.4. The molecule has 52 nitrogen and oxygen atoms in total. The van der Waals surface area contributed by atoms with E-state index >= 15 is 0 Å². The van der Waals surface area contributed by atoms with E-state index in [9.17, 15) is 154 Å². The molecule has 5 heterocycles. The van der Waals surface area contributed by atoms with Gasteiger partial charge in [0.1, 0.15) is 110 Å². The van der Waals surface area contributed by atoms with Gasteiger partial charge in [0.25, 0.3) is 0 Å². The van der Waals surface area contributed by atoms with Crippen molar-refractivity contribution in [3.8, 4) is 0 Å². The van der Waals surface area contributed by atoms with Gasteiger partial charge in [-0.1, -0.05) is 0 Å². The molecule has 5 aliphatic heterocycles. The van der Waals surface area contributed by atoms with Gasteiger partial charge in [0.15, 0.2) is 74.2 Å². The smallest absolute Gasteiger partial charge is 0.735 e. The van der Waals surface area contributed by atoms with Gasteiger partial charge in [-0.05, 0) is 0 Å². The number of carbonyl (C=O) groups excluding carboxylic acids is 3. The molecule has 5 fully saturated rings. The van der Waals surface area contributed by atoms with E-state index in [1.54, 1.807) is 0 Å². The number of aliphatic hydroxyl groups is 5. The second-order valence-corrected chi connectivity index (χ2v) is 26.9. The zero-order valence-corrected chi connectivity index (χ0v) is 80.0. The minimum Gasteiger partial charge on any atom is -0.735 e. The number of hydrogen-bond donors (Lipinski definition) is 8. The normalized spacial score (nSPS) is 34.1. The van der Waals surface area contributed by atoms with Crippen molar-refractivity contribution >= 4 is 101 Å². The van der Waals surface area contributed by atoms with E-state index < -0.39 is 268 Å². The molecule has 0 amide bonds. The van der Waals surface area contributed by atoms with Crippen molar-refractivity contribution in [3.05, 3.63) is 0 Å². The number of nitrogens with one attached hydrogen (secondary N) is 3. The Bertz CT molecular complexity index is 3580. The molecule has 24 atom stereocenters. The molecule has 0 spiro atoms. The minimum absolute atomic E-state index is 0. The van der Waals surface area contributed by atoms with E-state index in [4.69, 9.17) is 47.4 Å². The van der Waals surface area contributed by atoms with Crippen LogP contribution in [0.3, 0.4) is 0 Å². The Labute approximate surface area is 793 Å². The van der Waals surface area contributed by atoms with Crippen LogP contribution in [0.5, 0.6) is 0 Å². The van der Waals surface area contributed by atoms with E-state index in [0.717, 1.165) is 9.44 Å². The van der Waals surface area contributed by atoms with Crippen LogP contribution in [0, 0.1) is 0 Å². The SMILES string of the molecule is CO[C@H]1O[C@H](COS(=O)(=O)[O-])[C@@H](O[C@@H]2O[C@@H](C(=O)[O-])[C@@H](O[C@H]3O[C@H](COS(=O)(=O)[O-])[C@@H](O[C@@H]4O[C@H](C(=O)[O-])[C@@H](O[C@H]5O[C@H](COS(=O)(=O)[O-])C(=O)[C@H](O)[C@H]5NS(=O)(=O)[O-])[C@H](O)[C@H]4O)[C@H](OS(=O)(=O)[O-])[C@H]3NS(=O)(=O)[O-])[C@H](O)[C@H]2OS(=O)(=O)[O-])[C@H](O)[C@H]1NS(=O)(=O)[O-].[Na+].[Na+].[Na+].[Na+].[Na+].[Na+].[Na+].[Na+].[Na+].[Na+]. The predicted molar refractivity (Wildman–Crippen MR) is 241 cm³/mol. The molecule has 0 aromatic heterocycles. The number of aliphatic hydroxyl groups excluding tert-OH is 5. The van der Waals surface area contributed by atoms with E-state index in [2.05, 4.69) is 20.9 Å². The number of aliphatic carboxylic acids is 2. The fourth-order valence-electron chi connectivity index (χ4n) is 8.80. The summed E-state index contributed by atoms with van der Waals surface area (Å²) in [4.78, 5) is 38.2. The topological polar surface area (TPSA) is 831 Å². The number of carboxylic acids is 2. The van der Waals surface area contributed by atoms with Crippen LogP contribution in [-0.2, 0) is 166 Å². The van der Waals surface area contributed by atoms with Crippen LogP contribution in [0.2, 0.25) is 0 Å². The summed E-state index contributed by atoms with van der Waals surface area (Å²) < 4.78 is 359. The third kappa shape index (κ3) is 38.1. The molecule has 0 radical (unpaired) electrons. The van der Waals surface area contributed by atoms with Crippen LogP contribution in [-0.4, -0.2) is 321 Å². The number of methoxy groups -OCH3 is 1. The van der Waals surface area contributed by atoms with Gasteiger partial charge in [-0.3, -0.25) is 25.7 Å². The number of ketones is 1. The molecule has 5 saturated heterocycles. The Morgan fingerprint density at radius 2 is 0.733 bits per heavy atom. The van der Waals surface area contributed by atoms with Gasteiger partial charge < -0.3 is 129 Å². The van der Waals surface area contributed by atoms with Crippen LogP contribution >= 0.6 is 0 Å². The van der Waals surface area contributed by atoms with Crippen molar-refractivity contribution in [3.63, 3.8) is 0 Å². The average Bonchev–Trinajstić information content (AvgIpc) is 0.764. The number of hydrogen-bond acceptors (Lipinski definition) is 49. The summed E-state index contributed by atoms with van der Waals surface area (Å²) in [6.07, 6.45) is -64.6. The van der Waals surface area contributed by atoms with Crippen LogP contribution in [0.4, 0.5) is 0 Å². The maximum Gasteiger partial charge on any atom is 1.00 e. The molecule has 70 heteroatoms. The van der Waals surface area contributed by atoms with Gasteiger partial charge >= 0.3 is 296 Å². The zero-order valence-electron chi connectivity index (χ0n) is 53.4. The second-order valence-electron chi connectivity index (χ2n) is 18.3. The molecule has 5 aliphatic rings. The van der Waals surface area contributed by atoms with Crippen molar-refractivity contribution in [1.82, 2.24) is 14.2 Å². The van der Waals surface area contributed by atoms with Crippen LogP contribution in [0.1, 0.15) is 0 Å². The molecule has 0 unspecified atom stereocenters. The molecule has 101 heavy (non-hydrogen) atoms. The first-order valence-electron chi connectivity index (χ1n) is 23.2. The molecule has 5 rings (SSSR count). The molecule has 0 aliphatic carbocycles. The van der Waals surface area contributed by atoms with Crippen molar-refractivity contribution < 1.29 is 518 Å². The van der Waals surface area contributed by atoms with Crippen molar-refractivity contribution in [1.29, 1.82) is 0 Å². The number of ether oxygens (including phenoxy) is 10. The molecule has 0 saturated carbocycles.